The van der Waals surface area contributed by atoms with E-state index in [1.54, 1.807) is 7.11 Å². The molecule has 2 fully saturated rings. The second kappa shape index (κ2) is 6.06. The summed E-state index contributed by atoms with van der Waals surface area (Å²) < 4.78 is 5.18. The van der Waals surface area contributed by atoms with Crippen LogP contribution >= 0.6 is 0 Å². The van der Waals surface area contributed by atoms with Gasteiger partial charge in [0, 0.05) is 24.5 Å². The third-order valence-corrected chi connectivity index (χ3v) is 4.61. The van der Waals surface area contributed by atoms with Crippen molar-refractivity contribution in [1.29, 1.82) is 0 Å². The summed E-state index contributed by atoms with van der Waals surface area (Å²) in [6.45, 7) is 0.708. The highest BCUT2D eigenvalue weighted by atomic mass is 16.5. The average molecular weight is 288 g/mol. The summed E-state index contributed by atoms with van der Waals surface area (Å²) in [7, 11) is 1.67. The van der Waals surface area contributed by atoms with Crippen LogP contribution in [0.15, 0.2) is 24.3 Å². The predicted octanol–water partition coefficient (Wildman–Crippen LogP) is 2.31. The second-order valence-corrected chi connectivity index (χ2v) is 6.32. The number of nitrogens with zero attached hydrogens (tertiary/aromatic N) is 1. The Labute approximate surface area is 126 Å². The topological polar surface area (TPSA) is 55.6 Å². The first kappa shape index (κ1) is 14.4. The fourth-order valence-corrected chi connectivity index (χ4v) is 3.18. The molecule has 1 aromatic rings. The van der Waals surface area contributed by atoms with E-state index in [9.17, 15) is 4.79 Å². The number of amides is 1. The monoisotopic (exact) mass is 288 g/mol. The van der Waals surface area contributed by atoms with Gasteiger partial charge in [-0.05, 0) is 49.8 Å². The molecule has 2 saturated carbocycles. The number of ether oxygens (including phenoxy) is 1. The maximum absolute atomic E-state index is 12.7. The van der Waals surface area contributed by atoms with Crippen molar-refractivity contribution in [3.63, 3.8) is 0 Å². The van der Waals surface area contributed by atoms with E-state index in [4.69, 9.17) is 10.5 Å². The number of hydrogen-bond acceptors (Lipinski definition) is 3. The fourth-order valence-electron chi connectivity index (χ4n) is 3.18. The highest BCUT2D eigenvalue weighted by Gasteiger charge is 2.38. The van der Waals surface area contributed by atoms with Gasteiger partial charge in [0.15, 0.2) is 0 Å². The third kappa shape index (κ3) is 3.38. The molecule has 2 unspecified atom stereocenters. The smallest absolute Gasteiger partial charge is 0.226 e. The van der Waals surface area contributed by atoms with Crippen molar-refractivity contribution in [3.8, 4) is 5.75 Å². The fraction of sp³-hybridized carbons (Fsp3) is 0.588. The summed E-state index contributed by atoms with van der Waals surface area (Å²) in [5.74, 6) is 1.30. The molecule has 1 amide bonds. The van der Waals surface area contributed by atoms with Gasteiger partial charge in [-0.2, -0.15) is 0 Å². The molecule has 0 spiro atoms. The van der Waals surface area contributed by atoms with E-state index in [-0.39, 0.29) is 12.0 Å². The van der Waals surface area contributed by atoms with Crippen molar-refractivity contribution < 1.29 is 9.53 Å². The Balaban J connectivity index is 1.68. The van der Waals surface area contributed by atoms with Gasteiger partial charge in [-0.25, -0.2) is 0 Å². The van der Waals surface area contributed by atoms with E-state index in [1.165, 1.54) is 5.56 Å². The van der Waals surface area contributed by atoms with Gasteiger partial charge < -0.3 is 15.4 Å². The highest BCUT2D eigenvalue weighted by molar-refractivity contribution is 5.80. The molecule has 3 rings (SSSR count). The number of carbonyl (C=O) groups excluding carboxylic acids is 1. The Bertz CT molecular complexity index is 496. The highest BCUT2D eigenvalue weighted by Crippen LogP contribution is 2.33. The Morgan fingerprint density at radius 3 is 2.48 bits per heavy atom. The minimum atomic E-state index is 0.138. The minimum Gasteiger partial charge on any atom is -0.497 e. The summed E-state index contributed by atoms with van der Waals surface area (Å²) in [4.78, 5) is 14.8. The average Bonchev–Trinajstić information content (AvgIpc) is 3.26. The van der Waals surface area contributed by atoms with Gasteiger partial charge in [0.05, 0.1) is 7.11 Å². The summed E-state index contributed by atoms with van der Waals surface area (Å²) in [5.41, 5.74) is 7.12. The van der Waals surface area contributed by atoms with Crippen molar-refractivity contribution in [1.82, 2.24) is 4.90 Å². The summed E-state index contributed by atoms with van der Waals surface area (Å²) in [6.07, 6.45) is 5.06. The zero-order chi connectivity index (χ0) is 14.8. The number of hydrogen-bond donors (Lipinski definition) is 1. The Kier molecular flexibility index (Phi) is 4.15. The van der Waals surface area contributed by atoms with Crippen LogP contribution < -0.4 is 10.5 Å². The summed E-state index contributed by atoms with van der Waals surface area (Å²) >= 11 is 0. The number of nitrogens with two attached hydrogens (primary N) is 1. The van der Waals surface area contributed by atoms with Gasteiger partial charge >= 0.3 is 0 Å². The molecule has 0 bridgehead atoms. The minimum absolute atomic E-state index is 0.138. The van der Waals surface area contributed by atoms with Crippen LogP contribution in [-0.2, 0) is 11.3 Å². The van der Waals surface area contributed by atoms with Crippen LogP contribution in [0.4, 0.5) is 0 Å². The molecule has 0 radical (unpaired) electrons. The molecule has 2 aliphatic carbocycles. The zero-order valence-corrected chi connectivity index (χ0v) is 12.6. The van der Waals surface area contributed by atoms with Gasteiger partial charge in [0.25, 0.3) is 0 Å². The lowest BCUT2D eigenvalue weighted by atomic mass is 10.1. The van der Waals surface area contributed by atoms with E-state index in [0.29, 0.717) is 18.5 Å². The van der Waals surface area contributed by atoms with Crippen LogP contribution in [0.1, 0.15) is 37.7 Å². The summed E-state index contributed by atoms with van der Waals surface area (Å²) in [5, 5.41) is 0. The van der Waals surface area contributed by atoms with E-state index in [2.05, 4.69) is 4.90 Å². The first-order chi connectivity index (χ1) is 10.2. The van der Waals surface area contributed by atoms with Crippen molar-refractivity contribution in [3.05, 3.63) is 29.8 Å². The van der Waals surface area contributed by atoms with E-state index < -0.39 is 0 Å². The van der Waals surface area contributed by atoms with Gasteiger partial charge in [0.2, 0.25) is 5.91 Å². The number of rotatable bonds is 5. The molecule has 21 heavy (non-hydrogen) atoms. The molecule has 2 atom stereocenters. The normalized spacial score (nSPS) is 24.9. The molecule has 114 valence electrons. The number of benzene rings is 1. The molecular weight excluding hydrogens is 264 g/mol. The Morgan fingerprint density at radius 2 is 1.95 bits per heavy atom. The van der Waals surface area contributed by atoms with Crippen LogP contribution in [-0.4, -0.2) is 30.0 Å². The van der Waals surface area contributed by atoms with E-state index in [1.807, 2.05) is 24.3 Å². The van der Waals surface area contributed by atoms with Crippen molar-refractivity contribution in [2.24, 2.45) is 11.7 Å². The lowest BCUT2D eigenvalue weighted by molar-refractivity contribution is -0.136. The largest absolute Gasteiger partial charge is 0.497 e. The quantitative estimate of drug-likeness (QED) is 0.904. The zero-order valence-electron chi connectivity index (χ0n) is 12.6. The lowest BCUT2D eigenvalue weighted by Crippen LogP contribution is -2.37. The van der Waals surface area contributed by atoms with Crippen molar-refractivity contribution >= 4 is 5.91 Å². The molecule has 0 heterocycles. The molecule has 4 nitrogen and oxygen atoms in total. The standard InChI is InChI=1S/C17H24N2O2/c1-21-16-8-2-12(3-9-16)11-19(15-6-7-15)17(20)13-4-5-14(18)10-13/h2-3,8-9,13-15H,4-7,10-11,18H2,1H3. The number of carbonyl (C=O) groups is 1. The Hall–Kier alpha value is -1.55. The molecular formula is C17H24N2O2. The van der Waals surface area contributed by atoms with Crippen LogP contribution in [0.25, 0.3) is 0 Å². The SMILES string of the molecule is COc1ccc(CN(C(=O)C2CCC(N)C2)C2CC2)cc1. The van der Waals surface area contributed by atoms with Gasteiger partial charge in [-0.3, -0.25) is 4.79 Å². The van der Waals surface area contributed by atoms with Gasteiger partial charge in [-0.15, -0.1) is 0 Å². The molecule has 2 N–H and O–H groups in total. The molecule has 0 aromatic heterocycles. The van der Waals surface area contributed by atoms with E-state index >= 15 is 0 Å². The molecule has 1 aromatic carbocycles. The van der Waals surface area contributed by atoms with Crippen LogP contribution in [0.5, 0.6) is 5.75 Å². The first-order valence-corrected chi connectivity index (χ1v) is 7.86. The molecule has 0 saturated heterocycles. The molecule has 0 aliphatic heterocycles. The molecule has 4 heteroatoms. The number of methoxy groups -OCH3 is 1. The Morgan fingerprint density at radius 1 is 1.24 bits per heavy atom. The van der Waals surface area contributed by atoms with Crippen LogP contribution in [0, 0.1) is 5.92 Å². The van der Waals surface area contributed by atoms with Gasteiger partial charge in [-0.1, -0.05) is 12.1 Å². The predicted molar refractivity (Wildman–Crippen MR) is 81.9 cm³/mol. The lowest BCUT2D eigenvalue weighted by Gasteiger charge is -2.26. The van der Waals surface area contributed by atoms with Crippen molar-refractivity contribution in [2.45, 2.75) is 50.7 Å². The first-order valence-electron chi connectivity index (χ1n) is 7.86. The second-order valence-electron chi connectivity index (χ2n) is 6.32. The molecule has 2 aliphatic rings. The third-order valence-electron chi connectivity index (χ3n) is 4.61. The van der Waals surface area contributed by atoms with Crippen LogP contribution in [0.2, 0.25) is 0 Å². The van der Waals surface area contributed by atoms with Crippen molar-refractivity contribution in [2.75, 3.05) is 7.11 Å². The van der Waals surface area contributed by atoms with Gasteiger partial charge in [0.1, 0.15) is 5.75 Å². The maximum atomic E-state index is 12.7. The summed E-state index contributed by atoms with van der Waals surface area (Å²) in [6, 6.07) is 8.65. The van der Waals surface area contributed by atoms with E-state index in [0.717, 1.165) is 37.9 Å². The maximum Gasteiger partial charge on any atom is 0.226 e. The van der Waals surface area contributed by atoms with Crippen LogP contribution in [0.3, 0.4) is 0 Å².